The van der Waals surface area contributed by atoms with Gasteiger partial charge < -0.3 is 16.4 Å². The van der Waals surface area contributed by atoms with Crippen LogP contribution in [0.5, 0.6) is 0 Å². The van der Waals surface area contributed by atoms with E-state index in [2.05, 4.69) is 10.6 Å². The number of carbonyl (C=O) groups excluding carboxylic acids is 2. The highest BCUT2D eigenvalue weighted by Crippen LogP contribution is 2.13. The highest BCUT2D eigenvalue weighted by molar-refractivity contribution is 5.83. The van der Waals surface area contributed by atoms with Gasteiger partial charge in [-0.1, -0.05) is 0 Å². The molecular weight excluding hydrogens is 182 g/mol. The molecule has 0 spiro atoms. The Morgan fingerprint density at radius 1 is 1.50 bits per heavy atom. The molecule has 0 aromatic carbocycles. The third-order valence-electron chi connectivity index (χ3n) is 2.33. The minimum Gasteiger partial charge on any atom is -0.368 e. The van der Waals surface area contributed by atoms with E-state index >= 15 is 0 Å². The summed E-state index contributed by atoms with van der Waals surface area (Å²) in [5, 5.41) is 5.72. The van der Waals surface area contributed by atoms with Gasteiger partial charge in [-0.3, -0.25) is 9.59 Å². The zero-order chi connectivity index (χ0) is 10.4. The fourth-order valence-electron chi connectivity index (χ4n) is 1.62. The molecule has 1 unspecified atom stereocenters. The first-order valence-electron chi connectivity index (χ1n) is 4.94. The van der Waals surface area contributed by atoms with Crippen molar-refractivity contribution < 1.29 is 9.59 Å². The van der Waals surface area contributed by atoms with E-state index < -0.39 is 5.91 Å². The maximum Gasteiger partial charge on any atom is 0.236 e. The number of amides is 2. The van der Waals surface area contributed by atoms with Crippen molar-refractivity contribution in [3.8, 4) is 0 Å². The van der Waals surface area contributed by atoms with Crippen LogP contribution in [0.3, 0.4) is 0 Å². The number of hydrogen-bond acceptors (Lipinski definition) is 3. The number of rotatable bonds is 4. The molecule has 1 fully saturated rings. The van der Waals surface area contributed by atoms with Crippen LogP contribution in [0.2, 0.25) is 0 Å². The predicted molar refractivity (Wildman–Crippen MR) is 52.4 cm³/mol. The zero-order valence-corrected chi connectivity index (χ0v) is 8.21. The minimum absolute atomic E-state index is 0.0566. The molecule has 1 heterocycles. The summed E-state index contributed by atoms with van der Waals surface area (Å²) >= 11 is 0. The standard InChI is InChI=1S/C9H17N3O2/c10-8(13)6-12-9(14)4-7-2-1-3-11-5-7/h7,11H,1-6H2,(H2,10,13)(H,12,14). The van der Waals surface area contributed by atoms with Gasteiger partial charge >= 0.3 is 0 Å². The first-order chi connectivity index (χ1) is 6.68. The first kappa shape index (κ1) is 11.0. The SMILES string of the molecule is NC(=O)CNC(=O)CC1CCCNC1. The number of carbonyl (C=O) groups is 2. The van der Waals surface area contributed by atoms with Gasteiger partial charge in [-0.15, -0.1) is 0 Å². The highest BCUT2D eigenvalue weighted by atomic mass is 16.2. The van der Waals surface area contributed by atoms with Crippen LogP contribution in [0.15, 0.2) is 0 Å². The van der Waals surface area contributed by atoms with Gasteiger partial charge in [0.15, 0.2) is 0 Å². The molecule has 2 amide bonds. The molecule has 4 N–H and O–H groups in total. The largest absolute Gasteiger partial charge is 0.368 e. The van der Waals surface area contributed by atoms with E-state index in [1.807, 2.05) is 0 Å². The van der Waals surface area contributed by atoms with Crippen molar-refractivity contribution >= 4 is 11.8 Å². The zero-order valence-electron chi connectivity index (χ0n) is 8.21. The number of piperidine rings is 1. The monoisotopic (exact) mass is 199 g/mol. The topological polar surface area (TPSA) is 84.2 Å². The Hall–Kier alpha value is -1.10. The lowest BCUT2D eigenvalue weighted by atomic mass is 9.96. The predicted octanol–water partition coefficient (Wildman–Crippen LogP) is -1.02. The van der Waals surface area contributed by atoms with Crippen molar-refractivity contribution in [1.29, 1.82) is 0 Å². The summed E-state index contributed by atoms with van der Waals surface area (Å²) < 4.78 is 0. The van der Waals surface area contributed by atoms with Crippen molar-refractivity contribution in [1.82, 2.24) is 10.6 Å². The molecule has 80 valence electrons. The molecule has 0 radical (unpaired) electrons. The molecule has 1 aliphatic rings. The van der Waals surface area contributed by atoms with Gasteiger partial charge in [-0.2, -0.15) is 0 Å². The smallest absolute Gasteiger partial charge is 0.236 e. The molecule has 1 rings (SSSR count). The van der Waals surface area contributed by atoms with Gasteiger partial charge in [-0.05, 0) is 31.8 Å². The molecular formula is C9H17N3O2. The molecule has 0 bridgehead atoms. The average Bonchev–Trinajstić information content (AvgIpc) is 2.16. The maximum absolute atomic E-state index is 11.3. The summed E-state index contributed by atoms with van der Waals surface area (Å²) in [5.41, 5.74) is 4.91. The fourth-order valence-corrected chi connectivity index (χ4v) is 1.62. The summed E-state index contributed by atoms with van der Waals surface area (Å²) in [6.45, 7) is 1.88. The molecule has 1 saturated heterocycles. The lowest BCUT2D eigenvalue weighted by Crippen LogP contribution is -2.37. The number of hydrogen-bond donors (Lipinski definition) is 3. The summed E-state index contributed by atoms with van der Waals surface area (Å²) in [7, 11) is 0. The number of nitrogens with two attached hydrogens (primary N) is 1. The molecule has 1 atom stereocenters. The summed E-state index contributed by atoms with van der Waals surface area (Å²) in [6, 6.07) is 0. The molecule has 0 aromatic rings. The van der Waals surface area contributed by atoms with Crippen molar-refractivity contribution in [3.63, 3.8) is 0 Å². The Labute approximate surface area is 83.4 Å². The van der Waals surface area contributed by atoms with E-state index in [0.717, 1.165) is 25.9 Å². The normalized spacial score (nSPS) is 21.6. The van der Waals surface area contributed by atoms with Crippen molar-refractivity contribution in [2.24, 2.45) is 11.7 Å². The Bertz CT molecular complexity index is 212. The Kier molecular flexibility index (Phi) is 4.39. The maximum atomic E-state index is 11.3. The molecule has 0 aromatic heterocycles. The highest BCUT2D eigenvalue weighted by Gasteiger charge is 2.16. The quantitative estimate of drug-likeness (QED) is 0.541. The van der Waals surface area contributed by atoms with Gasteiger partial charge in [0, 0.05) is 6.42 Å². The van der Waals surface area contributed by atoms with Crippen LogP contribution in [-0.2, 0) is 9.59 Å². The van der Waals surface area contributed by atoms with Crippen LogP contribution in [-0.4, -0.2) is 31.4 Å². The second-order valence-corrected chi connectivity index (χ2v) is 3.66. The Morgan fingerprint density at radius 3 is 2.86 bits per heavy atom. The molecule has 1 aliphatic heterocycles. The second kappa shape index (κ2) is 5.59. The Balaban J connectivity index is 2.15. The van der Waals surface area contributed by atoms with Gasteiger partial charge in [-0.25, -0.2) is 0 Å². The third-order valence-corrected chi connectivity index (χ3v) is 2.33. The minimum atomic E-state index is -0.500. The molecule has 0 saturated carbocycles. The number of primary amides is 1. The molecule has 0 aliphatic carbocycles. The average molecular weight is 199 g/mol. The molecule has 5 heteroatoms. The summed E-state index contributed by atoms with van der Waals surface area (Å²) in [4.78, 5) is 21.7. The Morgan fingerprint density at radius 2 is 2.29 bits per heavy atom. The van der Waals surface area contributed by atoms with E-state index in [1.165, 1.54) is 0 Å². The lowest BCUT2D eigenvalue weighted by molar-refractivity contribution is -0.125. The van der Waals surface area contributed by atoms with E-state index in [4.69, 9.17) is 5.73 Å². The lowest BCUT2D eigenvalue weighted by Gasteiger charge is -2.21. The second-order valence-electron chi connectivity index (χ2n) is 3.66. The van der Waals surface area contributed by atoms with E-state index in [1.54, 1.807) is 0 Å². The van der Waals surface area contributed by atoms with Gasteiger partial charge in [0.1, 0.15) is 0 Å². The van der Waals surface area contributed by atoms with Crippen molar-refractivity contribution in [2.45, 2.75) is 19.3 Å². The molecule has 14 heavy (non-hydrogen) atoms. The number of nitrogens with one attached hydrogen (secondary N) is 2. The van der Waals surface area contributed by atoms with Crippen molar-refractivity contribution in [3.05, 3.63) is 0 Å². The summed E-state index contributed by atoms with van der Waals surface area (Å²) in [6.07, 6.45) is 2.69. The van der Waals surface area contributed by atoms with E-state index in [-0.39, 0.29) is 12.5 Å². The van der Waals surface area contributed by atoms with Crippen molar-refractivity contribution in [2.75, 3.05) is 19.6 Å². The van der Waals surface area contributed by atoms with Crippen LogP contribution < -0.4 is 16.4 Å². The summed E-state index contributed by atoms with van der Waals surface area (Å²) in [5.74, 6) is -0.186. The van der Waals surface area contributed by atoms with Gasteiger partial charge in [0.25, 0.3) is 0 Å². The van der Waals surface area contributed by atoms with E-state index in [0.29, 0.717) is 12.3 Å². The molecule has 5 nitrogen and oxygen atoms in total. The van der Waals surface area contributed by atoms with Crippen LogP contribution in [0, 0.1) is 5.92 Å². The van der Waals surface area contributed by atoms with Gasteiger partial charge in [0.2, 0.25) is 11.8 Å². The van der Waals surface area contributed by atoms with Gasteiger partial charge in [0.05, 0.1) is 6.54 Å². The third kappa shape index (κ3) is 4.23. The van der Waals surface area contributed by atoms with Crippen LogP contribution in [0.1, 0.15) is 19.3 Å². The van der Waals surface area contributed by atoms with Crippen LogP contribution in [0.25, 0.3) is 0 Å². The van der Waals surface area contributed by atoms with Crippen LogP contribution >= 0.6 is 0 Å². The first-order valence-corrected chi connectivity index (χ1v) is 4.94. The van der Waals surface area contributed by atoms with Crippen LogP contribution in [0.4, 0.5) is 0 Å². The fraction of sp³-hybridized carbons (Fsp3) is 0.778. The van der Waals surface area contributed by atoms with E-state index in [9.17, 15) is 9.59 Å².